The standard InChI is InChI=1S/C25H26F4N6O3.C2H6/c1-9-10(2)33-22-18-17(9)20(26)21(13-6-16(30)32-11(3)19(13)25(27,28)29)34-23(18)38-12(4)15-7-31-14(8-35(15)22)24(36)37-5;1-2/h6,12,14-15,31H,7-8H2,1-5H3,(H2,30,32);1-2H3/t12?,14?,15-;/m0./s1. The summed E-state index contributed by atoms with van der Waals surface area (Å²) in [6.07, 6.45) is -5.38. The summed E-state index contributed by atoms with van der Waals surface area (Å²) in [7, 11) is 1.29. The number of nitrogens with zero attached hydrogens (tertiary/aromatic N) is 4. The number of pyridine rings is 3. The second-order valence-corrected chi connectivity index (χ2v) is 9.55. The van der Waals surface area contributed by atoms with Crippen LogP contribution in [0.5, 0.6) is 5.88 Å². The second-order valence-electron chi connectivity index (χ2n) is 9.55. The number of aromatic nitrogens is 3. The zero-order valence-corrected chi connectivity index (χ0v) is 23.3. The molecule has 2 unspecified atom stereocenters. The van der Waals surface area contributed by atoms with Crippen molar-refractivity contribution >= 4 is 28.4 Å². The van der Waals surface area contributed by atoms with Crippen LogP contribution in [0.2, 0.25) is 0 Å². The molecular weight excluding hydrogens is 532 g/mol. The Labute approximate surface area is 229 Å². The molecule has 216 valence electrons. The number of nitrogens with one attached hydrogen (secondary N) is 1. The van der Waals surface area contributed by atoms with E-state index in [1.165, 1.54) is 7.11 Å². The first-order chi connectivity index (χ1) is 18.8. The lowest BCUT2D eigenvalue weighted by Crippen LogP contribution is -2.63. The van der Waals surface area contributed by atoms with Crippen LogP contribution >= 0.6 is 0 Å². The van der Waals surface area contributed by atoms with Crippen LogP contribution in [0.3, 0.4) is 0 Å². The van der Waals surface area contributed by atoms with Gasteiger partial charge in [0, 0.05) is 29.7 Å². The molecule has 2 aliphatic heterocycles. The van der Waals surface area contributed by atoms with Crippen LogP contribution in [0.25, 0.3) is 22.0 Å². The summed E-state index contributed by atoms with van der Waals surface area (Å²) in [6.45, 7) is 10.7. The van der Waals surface area contributed by atoms with E-state index < -0.39 is 52.6 Å². The summed E-state index contributed by atoms with van der Waals surface area (Å²) in [5.41, 5.74) is 4.08. The van der Waals surface area contributed by atoms with E-state index in [-0.39, 0.29) is 35.1 Å². The molecule has 1 saturated heterocycles. The molecule has 0 aliphatic carbocycles. The van der Waals surface area contributed by atoms with Crippen LogP contribution in [-0.2, 0) is 15.7 Å². The molecule has 40 heavy (non-hydrogen) atoms. The fourth-order valence-electron chi connectivity index (χ4n) is 5.28. The van der Waals surface area contributed by atoms with Gasteiger partial charge < -0.3 is 25.4 Å². The number of nitrogen functional groups attached to an aromatic ring is 1. The quantitative estimate of drug-likeness (QED) is 0.343. The van der Waals surface area contributed by atoms with Crippen LogP contribution in [-0.4, -0.2) is 59.3 Å². The number of carbonyl (C=O) groups excluding carboxylic acids is 1. The summed E-state index contributed by atoms with van der Waals surface area (Å²) < 4.78 is 69.8. The molecular formula is C27H32F4N6O3. The van der Waals surface area contributed by atoms with E-state index in [4.69, 9.17) is 20.2 Å². The number of fused-ring (bicyclic) bond motifs is 2. The minimum absolute atomic E-state index is 0.0367. The van der Waals surface area contributed by atoms with Gasteiger partial charge in [0.05, 0.1) is 29.8 Å². The Hall–Kier alpha value is -3.74. The smallest absolute Gasteiger partial charge is 0.418 e. The van der Waals surface area contributed by atoms with Gasteiger partial charge in [0.25, 0.3) is 0 Å². The van der Waals surface area contributed by atoms with Gasteiger partial charge in [0.2, 0.25) is 5.88 Å². The average Bonchev–Trinajstić information content (AvgIpc) is 3.01. The number of halogens is 4. The van der Waals surface area contributed by atoms with Gasteiger partial charge >= 0.3 is 12.1 Å². The predicted octanol–water partition coefficient (Wildman–Crippen LogP) is 4.48. The molecule has 3 aromatic heterocycles. The number of piperazine rings is 1. The molecule has 0 spiro atoms. The van der Waals surface area contributed by atoms with Crippen molar-refractivity contribution in [2.75, 3.05) is 30.8 Å². The first-order valence-electron chi connectivity index (χ1n) is 12.9. The van der Waals surface area contributed by atoms with Gasteiger partial charge in [-0.25, -0.2) is 19.3 Å². The molecule has 1 fully saturated rings. The monoisotopic (exact) mass is 564 g/mol. The highest BCUT2D eigenvalue weighted by atomic mass is 19.4. The minimum atomic E-state index is -4.84. The fourth-order valence-corrected chi connectivity index (χ4v) is 5.28. The molecule has 13 heteroatoms. The average molecular weight is 565 g/mol. The van der Waals surface area contributed by atoms with Crippen LogP contribution in [0.4, 0.5) is 29.2 Å². The van der Waals surface area contributed by atoms with E-state index in [0.717, 1.165) is 13.0 Å². The third kappa shape index (κ3) is 4.76. The second kappa shape index (κ2) is 10.7. The van der Waals surface area contributed by atoms with Gasteiger partial charge in [-0.15, -0.1) is 0 Å². The number of esters is 1. The number of rotatable bonds is 2. The van der Waals surface area contributed by atoms with Gasteiger partial charge in [-0.1, -0.05) is 13.8 Å². The minimum Gasteiger partial charge on any atom is -0.472 e. The van der Waals surface area contributed by atoms with Crippen LogP contribution in [0.1, 0.15) is 43.3 Å². The van der Waals surface area contributed by atoms with Gasteiger partial charge in [0.1, 0.15) is 29.5 Å². The molecule has 9 nitrogen and oxygen atoms in total. The summed E-state index contributed by atoms with van der Waals surface area (Å²) in [5.74, 6) is -1.35. The number of nitrogens with two attached hydrogens (primary N) is 1. The lowest BCUT2D eigenvalue weighted by atomic mass is 9.97. The third-order valence-electron chi connectivity index (χ3n) is 7.23. The first-order valence-corrected chi connectivity index (χ1v) is 12.9. The van der Waals surface area contributed by atoms with Crippen molar-refractivity contribution in [1.29, 1.82) is 0 Å². The Morgan fingerprint density at radius 2 is 1.82 bits per heavy atom. The maximum absolute atomic E-state index is 16.4. The topological polar surface area (TPSA) is 115 Å². The molecule has 0 aromatic carbocycles. The van der Waals surface area contributed by atoms with Gasteiger partial charge in [-0.05, 0) is 39.3 Å². The van der Waals surface area contributed by atoms with E-state index >= 15 is 4.39 Å². The Balaban J connectivity index is 0.00000181. The normalized spacial score (nSPS) is 20.2. The van der Waals surface area contributed by atoms with E-state index in [2.05, 4.69) is 15.3 Å². The van der Waals surface area contributed by atoms with Crippen molar-refractivity contribution in [2.45, 2.75) is 65.9 Å². The van der Waals surface area contributed by atoms with Crippen molar-refractivity contribution in [3.8, 4) is 17.1 Å². The highest BCUT2D eigenvalue weighted by Crippen LogP contribution is 2.46. The number of hydrogen-bond acceptors (Lipinski definition) is 9. The zero-order chi connectivity index (χ0) is 29.7. The number of methoxy groups -OCH3 is 1. The predicted molar refractivity (Wildman–Crippen MR) is 143 cm³/mol. The first kappa shape index (κ1) is 29.2. The molecule has 2 aliphatic rings. The zero-order valence-electron chi connectivity index (χ0n) is 23.3. The Morgan fingerprint density at radius 1 is 1.15 bits per heavy atom. The van der Waals surface area contributed by atoms with E-state index in [1.54, 1.807) is 20.8 Å². The fraction of sp³-hybridized carbons (Fsp3) is 0.481. The van der Waals surface area contributed by atoms with Crippen LogP contribution in [0, 0.1) is 26.6 Å². The van der Waals surface area contributed by atoms with Crippen molar-refractivity contribution in [1.82, 2.24) is 20.3 Å². The molecule has 0 radical (unpaired) electrons. The van der Waals surface area contributed by atoms with E-state index in [0.29, 0.717) is 23.6 Å². The maximum atomic E-state index is 16.4. The van der Waals surface area contributed by atoms with Gasteiger partial charge in [-0.3, -0.25) is 4.79 Å². The molecule has 5 rings (SSSR count). The van der Waals surface area contributed by atoms with E-state index in [9.17, 15) is 18.0 Å². The summed E-state index contributed by atoms with van der Waals surface area (Å²) in [4.78, 5) is 26.9. The number of ether oxygens (including phenoxy) is 2. The van der Waals surface area contributed by atoms with Crippen LogP contribution < -0.4 is 20.7 Å². The Bertz CT molecular complexity index is 1480. The molecule has 0 saturated carbocycles. The number of anilines is 2. The lowest BCUT2D eigenvalue weighted by molar-refractivity contribution is -0.143. The SMILES string of the molecule is CC.COC(=O)C1CN2c3nc(C)c(C)c4c(F)c(-c5cc(N)nc(C)c5C(F)(F)F)nc(c34)OC(C)[C@@H]2CN1. The van der Waals surface area contributed by atoms with Crippen LogP contribution in [0.15, 0.2) is 6.07 Å². The van der Waals surface area contributed by atoms with Gasteiger partial charge in [0.15, 0.2) is 5.82 Å². The Kier molecular flexibility index (Phi) is 7.81. The van der Waals surface area contributed by atoms with Crippen molar-refractivity contribution in [3.63, 3.8) is 0 Å². The molecule has 3 N–H and O–H groups in total. The number of hydrogen-bond donors (Lipinski definition) is 2. The Morgan fingerprint density at radius 3 is 2.45 bits per heavy atom. The number of alkyl halides is 3. The largest absolute Gasteiger partial charge is 0.472 e. The van der Waals surface area contributed by atoms with Crippen molar-refractivity contribution in [2.24, 2.45) is 0 Å². The summed E-state index contributed by atoms with van der Waals surface area (Å²) >= 11 is 0. The number of carbonyl (C=O) groups is 1. The highest BCUT2D eigenvalue weighted by Gasteiger charge is 2.42. The summed E-state index contributed by atoms with van der Waals surface area (Å²) in [5, 5.41) is 3.39. The third-order valence-corrected chi connectivity index (χ3v) is 7.23. The maximum Gasteiger partial charge on any atom is 0.418 e. The molecule has 0 amide bonds. The molecule has 3 atom stereocenters. The summed E-state index contributed by atoms with van der Waals surface area (Å²) in [6, 6.07) is -0.0325. The van der Waals surface area contributed by atoms with Crippen molar-refractivity contribution < 1.29 is 31.8 Å². The number of aryl methyl sites for hydroxylation is 3. The van der Waals surface area contributed by atoms with E-state index in [1.807, 2.05) is 18.7 Å². The molecule has 0 bridgehead atoms. The lowest BCUT2D eigenvalue weighted by Gasteiger charge is -2.41. The van der Waals surface area contributed by atoms with Crippen molar-refractivity contribution in [3.05, 3.63) is 34.4 Å². The highest BCUT2D eigenvalue weighted by molar-refractivity contribution is 6.02. The molecule has 3 aromatic rings. The van der Waals surface area contributed by atoms with Gasteiger partial charge in [-0.2, -0.15) is 13.2 Å². The molecule has 5 heterocycles.